The van der Waals surface area contributed by atoms with Crippen LogP contribution in [0.15, 0.2) is 4.79 Å². The average Bonchev–Trinajstić information content (AvgIpc) is 2.01. The second-order valence-corrected chi connectivity index (χ2v) is 3.61. The van der Waals surface area contributed by atoms with Gasteiger partial charge in [0.2, 0.25) is 0 Å². The lowest BCUT2D eigenvalue weighted by Crippen LogP contribution is -2.24. The summed E-state index contributed by atoms with van der Waals surface area (Å²) in [7, 11) is 0. The van der Waals surface area contributed by atoms with Crippen molar-refractivity contribution in [2.24, 2.45) is 5.73 Å². The van der Waals surface area contributed by atoms with Crippen molar-refractivity contribution in [3.63, 3.8) is 0 Å². The van der Waals surface area contributed by atoms with Gasteiger partial charge < -0.3 is 10.7 Å². The van der Waals surface area contributed by atoms with Crippen LogP contribution >= 0.6 is 0 Å². The summed E-state index contributed by atoms with van der Waals surface area (Å²) in [6, 6.07) is 0.0185. The number of rotatable bonds is 3. The van der Waals surface area contributed by atoms with E-state index in [2.05, 4.69) is 9.97 Å². The van der Waals surface area contributed by atoms with Gasteiger partial charge in [0.05, 0.1) is 0 Å². The number of H-pyrrole nitrogens is 1. The molecule has 0 aliphatic carbocycles. The van der Waals surface area contributed by atoms with Crippen molar-refractivity contribution in [3.05, 3.63) is 27.4 Å². The maximum atomic E-state index is 11.5. The van der Waals surface area contributed by atoms with Crippen LogP contribution in [0.25, 0.3) is 0 Å². The minimum absolute atomic E-state index is 0.0185. The van der Waals surface area contributed by atoms with Gasteiger partial charge in [0.25, 0.3) is 5.56 Å². The van der Waals surface area contributed by atoms with Crippen LogP contribution in [0, 0.1) is 6.92 Å². The Morgan fingerprint density at radius 1 is 1.57 bits per heavy atom. The molecule has 0 aliphatic heterocycles. The number of aryl methyl sites for hydroxylation is 1. The van der Waals surface area contributed by atoms with Gasteiger partial charge in [0.15, 0.2) is 0 Å². The van der Waals surface area contributed by atoms with Crippen molar-refractivity contribution in [3.8, 4) is 0 Å². The molecule has 4 heteroatoms. The van der Waals surface area contributed by atoms with Gasteiger partial charge in [-0.15, -0.1) is 0 Å². The fraction of sp³-hybridized carbons (Fsp3) is 0.600. The van der Waals surface area contributed by atoms with Crippen LogP contribution in [0.1, 0.15) is 30.9 Å². The molecule has 0 spiro atoms. The van der Waals surface area contributed by atoms with Gasteiger partial charge in [-0.05, 0) is 20.3 Å². The quantitative estimate of drug-likeness (QED) is 0.739. The summed E-state index contributed by atoms with van der Waals surface area (Å²) in [6.45, 7) is 5.70. The Morgan fingerprint density at radius 3 is 2.64 bits per heavy atom. The molecule has 1 heterocycles. The Labute approximate surface area is 83.6 Å². The number of hydrogen-bond acceptors (Lipinski definition) is 3. The fourth-order valence-electron chi connectivity index (χ4n) is 1.49. The average molecular weight is 195 g/mol. The van der Waals surface area contributed by atoms with Crippen molar-refractivity contribution < 1.29 is 0 Å². The lowest BCUT2D eigenvalue weighted by Gasteiger charge is -2.07. The van der Waals surface area contributed by atoms with Crippen molar-refractivity contribution in [1.29, 1.82) is 0 Å². The Kier molecular flexibility index (Phi) is 3.41. The number of aromatic amines is 1. The summed E-state index contributed by atoms with van der Waals surface area (Å²) in [5.74, 6) is 0.680. The van der Waals surface area contributed by atoms with Crippen LogP contribution in [-0.2, 0) is 12.8 Å². The third kappa shape index (κ3) is 2.42. The van der Waals surface area contributed by atoms with E-state index < -0.39 is 0 Å². The van der Waals surface area contributed by atoms with Crippen LogP contribution in [-0.4, -0.2) is 16.0 Å². The minimum atomic E-state index is -0.0318. The molecule has 0 aromatic carbocycles. The highest BCUT2D eigenvalue weighted by Gasteiger charge is 2.07. The van der Waals surface area contributed by atoms with Crippen LogP contribution in [0.3, 0.4) is 0 Å². The van der Waals surface area contributed by atoms with Gasteiger partial charge in [-0.1, -0.05) is 6.92 Å². The van der Waals surface area contributed by atoms with E-state index in [1.807, 2.05) is 20.8 Å². The van der Waals surface area contributed by atoms with Crippen molar-refractivity contribution in [1.82, 2.24) is 9.97 Å². The van der Waals surface area contributed by atoms with Crippen LogP contribution in [0.5, 0.6) is 0 Å². The first kappa shape index (κ1) is 10.9. The zero-order valence-electron chi connectivity index (χ0n) is 8.92. The highest BCUT2D eigenvalue weighted by Crippen LogP contribution is 2.01. The summed E-state index contributed by atoms with van der Waals surface area (Å²) in [6.07, 6.45) is 1.33. The normalized spacial score (nSPS) is 12.9. The number of nitrogens with two attached hydrogens (primary N) is 1. The molecule has 0 aliphatic rings. The largest absolute Gasteiger partial charge is 0.328 e. The van der Waals surface area contributed by atoms with E-state index in [0.29, 0.717) is 18.7 Å². The van der Waals surface area contributed by atoms with Crippen molar-refractivity contribution in [2.75, 3.05) is 0 Å². The summed E-state index contributed by atoms with van der Waals surface area (Å²) >= 11 is 0. The standard InChI is InChI=1S/C10H17N3O/c1-4-8-7(3)12-9(5-6(2)11)13-10(8)14/h6H,4-5,11H2,1-3H3,(H,12,13,14). The molecule has 0 radical (unpaired) electrons. The topological polar surface area (TPSA) is 71.8 Å². The Hall–Kier alpha value is -1.16. The molecule has 0 fully saturated rings. The van der Waals surface area contributed by atoms with E-state index in [1.165, 1.54) is 0 Å². The van der Waals surface area contributed by atoms with Crippen molar-refractivity contribution in [2.45, 2.75) is 39.7 Å². The Bertz CT molecular complexity index is 368. The third-order valence-electron chi connectivity index (χ3n) is 2.14. The highest BCUT2D eigenvalue weighted by molar-refractivity contribution is 5.16. The molecule has 0 bridgehead atoms. The predicted molar refractivity (Wildman–Crippen MR) is 56.3 cm³/mol. The summed E-state index contributed by atoms with van der Waals surface area (Å²) in [5, 5.41) is 0. The second-order valence-electron chi connectivity index (χ2n) is 3.61. The molecule has 0 saturated carbocycles. The molecule has 0 saturated heterocycles. The molecule has 1 unspecified atom stereocenters. The number of hydrogen-bond donors (Lipinski definition) is 2. The minimum Gasteiger partial charge on any atom is -0.328 e. The second kappa shape index (κ2) is 4.37. The first-order valence-corrected chi connectivity index (χ1v) is 4.88. The molecule has 1 aromatic heterocycles. The van der Waals surface area contributed by atoms with Crippen LogP contribution in [0.2, 0.25) is 0 Å². The summed E-state index contributed by atoms with van der Waals surface area (Å²) in [4.78, 5) is 18.6. The fourth-order valence-corrected chi connectivity index (χ4v) is 1.49. The zero-order chi connectivity index (χ0) is 10.7. The van der Waals surface area contributed by atoms with Gasteiger partial charge in [-0.2, -0.15) is 0 Å². The number of aromatic nitrogens is 2. The number of nitrogens with zero attached hydrogens (tertiary/aromatic N) is 1. The SMILES string of the molecule is CCc1c(C)nc(CC(C)N)[nH]c1=O. The summed E-state index contributed by atoms with van der Waals surface area (Å²) in [5.41, 5.74) is 7.18. The molecular weight excluding hydrogens is 178 g/mol. The monoisotopic (exact) mass is 195 g/mol. The number of nitrogens with one attached hydrogen (secondary N) is 1. The van der Waals surface area contributed by atoms with E-state index in [4.69, 9.17) is 5.73 Å². The van der Waals surface area contributed by atoms with Gasteiger partial charge >= 0.3 is 0 Å². The van der Waals surface area contributed by atoms with E-state index >= 15 is 0 Å². The molecule has 3 N–H and O–H groups in total. The van der Waals surface area contributed by atoms with Crippen LogP contribution < -0.4 is 11.3 Å². The highest BCUT2D eigenvalue weighted by atomic mass is 16.1. The van der Waals surface area contributed by atoms with E-state index in [9.17, 15) is 4.79 Å². The zero-order valence-corrected chi connectivity index (χ0v) is 8.92. The molecule has 1 atom stereocenters. The first-order valence-electron chi connectivity index (χ1n) is 4.88. The Balaban J connectivity index is 3.08. The first-order chi connectivity index (χ1) is 6.54. The molecule has 1 aromatic rings. The lowest BCUT2D eigenvalue weighted by atomic mass is 10.1. The van der Waals surface area contributed by atoms with Crippen molar-refractivity contribution >= 4 is 0 Å². The Morgan fingerprint density at radius 2 is 2.21 bits per heavy atom. The molecular formula is C10H17N3O. The summed E-state index contributed by atoms with van der Waals surface area (Å²) < 4.78 is 0. The van der Waals surface area contributed by atoms with E-state index in [1.54, 1.807) is 0 Å². The predicted octanol–water partition coefficient (Wildman–Crippen LogP) is 0.530. The van der Waals surface area contributed by atoms with E-state index in [0.717, 1.165) is 11.3 Å². The molecule has 1 rings (SSSR count). The van der Waals surface area contributed by atoms with Crippen LogP contribution in [0.4, 0.5) is 0 Å². The van der Waals surface area contributed by atoms with Gasteiger partial charge in [0, 0.05) is 23.7 Å². The molecule has 14 heavy (non-hydrogen) atoms. The van der Waals surface area contributed by atoms with Gasteiger partial charge in [-0.3, -0.25) is 4.79 Å². The molecule has 0 amide bonds. The molecule has 78 valence electrons. The smallest absolute Gasteiger partial charge is 0.254 e. The maximum absolute atomic E-state index is 11.5. The van der Waals surface area contributed by atoms with E-state index in [-0.39, 0.29) is 11.6 Å². The van der Waals surface area contributed by atoms with Gasteiger partial charge in [0.1, 0.15) is 5.82 Å². The lowest BCUT2D eigenvalue weighted by molar-refractivity contribution is 0.692. The third-order valence-corrected chi connectivity index (χ3v) is 2.14. The maximum Gasteiger partial charge on any atom is 0.254 e. The molecule has 4 nitrogen and oxygen atoms in total. The van der Waals surface area contributed by atoms with Gasteiger partial charge in [-0.25, -0.2) is 4.98 Å².